The zero-order valence-electron chi connectivity index (χ0n) is 36.5. The van der Waals surface area contributed by atoms with Gasteiger partial charge in [0.15, 0.2) is 34.0 Å². The van der Waals surface area contributed by atoms with Crippen LogP contribution in [0, 0.1) is 0 Å². The smallest absolute Gasteiger partial charge is 0.456 e. The number of benzene rings is 4. The van der Waals surface area contributed by atoms with Gasteiger partial charge in [-0.1, -0.05) is 66.2 Å². The first-order valence-corrected chi connectivity index (χ1v) is 23.6. The molecule has 10 rings (SSSR count). The van der Waals surface area contributed by atoms with Gasteiger partial charge in [0.05, 0.1) is 31.4 Å². The van der Waals surface area contributed by atoms with Crippen LogP contribution in [-0.4, -0.2) is 99.6 Å². The van der Waals surface area contributed by atoms with Gasteiger partial charge in [-0.15, -0.1) is 0 Å². The van der Waals surface area contributed by atoms with E-state index < -0.39 is 75.7 Å². The quantitative estimate of drug-likeness (QED) is 0.0638. The molecular weight excluding hydrogens is 947 g/mol. The summed E-state index contributed by atoms with van der Waals surface area (Å²) in [4.78, 5) is 65.9. The molecule has 7 atom stereocenters. The lowest BCUT2D eigenvalue weighted by Crippen LogP contribution is -2.32. The second-order valence-corrected chi connectivity index (χ2v) is 17.9. The Bertz CT molecular complexity index is 3210. The van der Waals surface area contributed by atoms with Crippen LogP contribution in [-0.2, 0) is 27.8 Å². The van der Waals surface area contributed by atoms with Crippen molar-refractivity contribution in [3.8, 4) is 5.75 Å². The monoisotopic (exact) mass is 986 g/mol. The predicted molar refractivity (Wildman–Crippen MR) is 250 cm³/mol. The van der Waals surface area contributed by atoms with Crippen molar-refractivity contribution in [2.75, 3.05) is 23.8 Å². The van der Waals surface area contributed by atoms with E-state index in [4.69, 9.17) is 39.4 Å². The average Bonchev–Trinajstić information content (AvgIpc) is 4.20. The molecule has 2 aliphatic heterocycles. The number of esters is 1. The van der Waals surface area contributed by atoms with Gasteiger partial charge in [-0.2, -0.15) is 0 Å². The third-order valence-electron chi connectivity index (χ3n) is 11.4. The number of anilines is 2. The number of halogens is 1. The van der Waals surface area contributed by atoms with Gasteiger partial charge < -0.3 is 34.5 Å². The van der Waals surface area contributed by atoms with Crippen molar-refractivity contribution in [2.24, 2.45) is 0 Å². The molecule has 6 heterocycles. The Balaban J connectivity index is 0.901. The second kappa shape index (κ2) is 20.2. The van der Waals surface area contributed by atoms with E-state index in [-0.39, 0.29) is 46.8 Å². The molecule has 356 valence electrons. The Labute approximate surface area is 402 Å². The highest BCUT2D eigenvalue weighted by atomic mass is 35.5. The lowest BCUT2D eigenvalue weighted by Gasteiger charge is -2.26. The molecule has 4 aromatic heterocycles. The zero-order chi connectivity index (χ0) is 48.2. The zero-order valence-corrected chi connectivity index (χ0v) is 38.2. The van der Waals surface area contributed by atoms with Gasteiger partial charge in [-0.3, -0.25) is 27.8 Å². The number of aliphatic hydroxyl groups excluding tert-OH is 1. The second-order valence-electron chi connectivity index (χ2n) is 15.9. The first-order valence-electron chi connectivity index (χ1n) is 21.7. The Hall–Kier alpha value is -7.49. The molecule has 2 fully saturated rings. The summed E-state index contributed by atoms with van der Waals surface area (Å²) >= 11 is 6.17. The van der Waals surface area contributed by atoms with Crippen LogP contribution in [0.4, 0.5) is 11.6 Å². The number of fused-ring (bicyclic) bond motifs is 2. The van der Waals surface area contributed by atoms with Crippen molar-refractivity contribution in [3.63, 3.8) is 0 Å². The van der Waals surface area contributed by atoms with Crippen LogP contribution in [0.2, 0.25) is 5.02 Å². The molecule has 70 heavy (non-hydrogen) atoms. The maximum atomic E-state index is 15.0. The third kappa shape index (κ3) is 9.98. The number of ether oxygens (including phenoxy) is 3. The summed E-state index contributed by atoms with van der Waals surface area (Å²) in [5.41, 5.74) is 2.24. The van der Waals surface area contributed by atoms with E-state index in [9.17, 15) is 19.5 Å². The van der Waals surface area contributed by atoms with E-state index >= 15 is 4.57 Å². The number of aromatic nitrogens is 8. The summed E-state index contributed by atoms with van der Waals surface area (Å²) in [7, 11) is -4.73. The van der Waals surface area contributed by atoms with Gasteiger partial charge in [-0.25, -0.2) is 39.3 Å². The fourth-order valence-electron chi connectivity index (χ4n) is 7.95. The van der Waals surface area contributed by atoms with E-state index in [1.165, 1.54) is 49.6 Å². The first-order chi connectivity index (χ1) is 34.1. The number of hydrogen-bond donors (Lipinski definition) is 3. The van der Waals surface area contributed by atoms with Crippen LogP contribution in [0.1, 0.15) is 56.4 Å². The molecule has 2 amide bonds. The number of imidazole rings is 2. The average molecular weight is 987 g/mol. The highest BCUT2D eigenvalue weighted by Gasteiger charge is 2.46. The van der Waals surface area contributed by atoms with Gasteiger partial charge >= 0.3 is 13.8 Å². The molecule has 23 heteroatoms. The minimum Gasteiger partial charge on any atom is -0.456 e. The van der Waals surface area contributed by atoms with E-state index in [2.05, 4.69) is 40.5 Å². The summed E-state index contributed by atoms with van der Waals surface area (Å²) in [5.74, 6) is -1.06. The van der Waals surface area contributed by atoms with E-state index in [0.717, 1.165) is 0 Å². The lowest BCUT2D eigenvalue weighted by atomic mass is 10.1. The van der Waals surface area contributed by atoms with Crippen molar-refractivity contribution < 1.29 is 51.8 Å². The number of phosphoric ester groups is 1. The number of aliphatic hydroxyl groups is 1. The van der Waals surface area contributed by atoms with E-state index in [1.807, 2.05) is 0 Å². The van der Waals surface area contributed by atoms with Crippen molar-refractivity contribution in [1.29, 1.82) is 0 Å². The Morgan fingerprint density at radius 3 is 1.69 bits per heavy atom. The summed E-state index contributed by atoms with van der Waals surface area (Å²) < 4.78 is 55.3. The standard InChI is InChI=1S/C47H40ClN10O11P/c48-31-16-18-32(19-17-31)68-70(63,69-34-21-38(65-35(34)22-59)58-27-54-40-42(50-25-52-44(40)58)56-46(61)29-12-6-2-7-13-29)64-23-36-33(67-47(62)30-14-8-3-9-15-30)20-37(66-36)57-26-53-39-41(49-24-51-43(39)57)55-45(60)28-10-4-1-5-11-28/h1-19,24-27,33-38,59H,20-23H2,(H,49,51,55,60)(H,50,52,56,61)/t33-,34+,35+,36-,37-,38-,70+/m0/s1. The molecule has 0 spiro atoms. The molecule has 0 bridgehead atoms. The van der Waals surface area contributed by atoms with Crippen LogP contribution in [0.25, 0.3) is 22.3 Å². The Kier molecular flexibility index (Phi) is 13.4. The maximum Gasteiger partial charge on any atom is 0.530 e. The molecule has 8 aromatic rings. The van der Waals surface area contributed by atoms with Crippen LogP contribution in [0.5, 0.6) is 5.75 Å². The van der Waals surface area contributed by atoms with Gasteiger partial charge in [0.2, 0.25) is 0 Å². The Morgan fingerprint density at radius 2 is 1.16 bits per heavy atom. The number of nitrogens with one attached hydrogen (secondary N) is 2. The molecule has 21 nitrogen and oxygen atoms in total. The SMILES string of the molecule is O=C(Nc1ncnc2c1ncn2[C@@H]1C[C@H](OC(=O)c2ccccc2)[C@H](CO[P@](=O)(Oc2ccc(Cl)cc2)O[C@@H]2C[C@@H](n3cnc4c(NC(=O)c5ccccc5)ncnc43)O[C@@H]2CO)O1)c1ccccc1. The summed E-state index contributed by atoms with van der Waals surface area (Å²) in [6.07, 6.45) is -0.503. The highest BCUT2D eigenvalue weighted by molar-refractivity contribution is 7.49. The number of hydrogen-bond acceptors (Lipinski definition) is 17. The van der Waals surface area contributed by atoms with Crippen LogP contribution < -0.4 is 15.2 Å². The Morgan fingerprint density at radius 1 is 0.657 bits per heavy atom. The van der Waals surface area contributed by atoms with Crippen LogP contribution in [0.15, 0.2) is 141 Å². The molecule has 2 saturated heterocycles. The van der Waals surface area contributed by atoms with Gasteiger partial charge in [0, 0.05) is 29.0 Å². The van der Waals surface area contributed by atoms with Crippen molar-refractivity contribution in [3.05, 3.63) is 162 Å². The fraction of sp³-hybridized carbons (Fsp3) is 0.213. The number of phosphoric acid groups is 1. The molecule has 0 unspecified atom stereocenters. The summed E-state index contributed by atoms with van der Waals surface area (Å²) in [6.45, 7) is -1.07. The predicted octanol–water partition coefficient (Wildman–Crippen LogP) is 7.21. The molecule has 0 saturated carbocycles. The van der Waals surface area contributed by atoms with Crippen LogP contribution >= 0.6 is 19.4 Å². The van der Waals surface area contributed by atoms with Gasteiger partial charge in [-0.05, 0) is 60.7 Å². The molecule has 2 aliphatic rings. The van der Waals surface area contributed by atoms with E-state index in [1.54, 1.807) is 100 Å². The van der Waals surface area contributed by atoms with Gasteiger partial charge in [0.1, 0.15) is 55.3 Å². The number of carbonyl (C=O) groups is 3. The largest absolute Gasteiger partial charge is 0.530 e. The molecular formula is C47H40ClN10O11P. The van der Waals surface area contributed by atoms with Crippen molar-refractivity contribution in [2.45, 2.75) is 49.7 Å². The number of rotatable bonds is 16. The van der Waals surface area contributed by atoms with Crippen LogP contribution in [0.3, 0.4) is 0 Å². The van der Waals surface area contributed by atoms with Crippen molar-refractivity contribution >= 4 is 71.2 Å². The molecule has 0 aliphatic carbocycles. The minimum atomic E-state index is -4.73. The molecule has 4 aromatic carbocycles. The first kappa shape index (κ1) is 46.2. The third-order valence-corrected chi connectivity index (χ3v) is 13.1. The van der Waals surface area contributed by atoms with Crippen molar-refractivity contribution in [1.82, 2.24) is 39.0 Å². The molecule has 3 N–H and O–H groups in total. The van der Waals surface area contributed by atoms with Gasteiger partial charge in [0.25, 0.3) is 11.8 Å². The number of nitrogens with zero attached hydrogens (tertiary/aromatic N) is 8. The minimum absolute atomic E-state index is 0.00755. The summed E-state index contributed by atoms with van der Waals surface area (Å²) in [6, 6.07) is 31.6. The maximum absolute atomic E-state index is 15.0. The normalized spacial score (nSPS) is 20.8. The van der Waals surface area contributed by atoms with E-state index in [0.29, 0.717) is 27.4 Å². The number of amides is 2. The number of carbonyl (C=O) groups excluding carboxylic acids is 3. The lowest BCUT2D eigenvalue weighted by molar-refractivity contribution is -0.0578. The fourth-order valence-corrected chi connectivity index (χ4v) is 9.50. The topological polar surface area (TPSA) is 255 Å². The molecule has 0 radical (unpaired) electrons. The highest BCUT2D eigenvalue weighted by Crippen LogP contribution is 2.54. The summed E-state index contributed by atoms with van der Waals surface area (Å²) in [5, 5.41) is 16.5.